The lowest BCUT2D eigenvalue weighted by Gasteiger charge is -2.09. The largest absolute Gasteiger partial charge is 0.494 e. The van der Waals surface area contributed by atoms with Gasteiger partial charge in [-0.1, -0.05) is 19.1 Å². The molecule has 0 heterocycles. The van der Waals surface area contributed by atoms with Crippen molar-refractivity contribution in [2.24, 2.45) is 0 Å². The third-order valence-electron chi connectivity index (χ3n) is 2.47. The van der Waals surface area contributed by atoms with Crippen LogP contribution in [0.1, 0.15) is 25.3 Å². The van der Waals surface area contributed by atoms with E-state index in [9.17, 15) is 0 Å². The molecule has 2 heteroatoms. The van der Waals surface area contributed by atoms with Crippen LogP contribution in [-0.4, -0.2) is 32.1 Å². The summed E-state index contributed by atoms with van der Waals surface area (Å²) in [7, 11) is 4.23. The van der Waals surface area contributed by atoms with Crippen molar-refractivity contribution in [3.63, 3.8) is 0 Å². The van der Waals surface area contributed by atoms with Crippen LogP contribution in [0, 0.1) is 0 Å². The highest BCUT2D eigenvalue weighted by molar-refractivity contribution is 5.27. The van der Waals surface area contributed by atoms with Gasteiger partial charge in [-0.3, -0.25) is 0 Å². The molecule has 1 aromatic carbocycles. The zero-order valence-corrected chi connectivity index (χ0v) is 10.7. The Labute approximate surface area is 99.2 Å². The molecule has 0 bridgehead atoms. The van der Waals surface area contributed by atoms with Crippen LogP contribution in [-0.2, 0) is 6.42 Å². The summed E-state index contributed by atoms with van der Waals surface area (Å²) in [5, 5.41) is 0. The van der Waals surface area contributed by atoms with Crippen molar-refractivity contribution < 1.29 is 4.74 Å². The number of hydrogen-bond acceptors (Lipinski definition) is 2. The molecule has 0 atom stereocenters. The molecule has 0 saturated carbocycles. The van der Waals surface area contributed by atoms with Gasteiger partial charge in [0.05, 0.1) is 6.61 Å². The first-order chi connectivity index (χ1) is 7.72. The van der Waals surface area contributed by atoms with E-state index in [-0.39, 0.29) is 0 Å². The molecule has 0 radical (unpaired) electrons. The highest BCUT2D eigenvalue weighted by atomic mass is 16.5. The Morgan fingerprint density at radius 2 is 1.81 bits per heavy atom. The highest BCUT2D eigenvalue weighted by Gasteiger charge is 1.96. The van der Waals surface area contributed by atoms with Crippen molar-refractivity contribution in [2.45, 2.75) is 26.2 Å². The minimum atomic E-state index is 0.806. The average molecular weight is 221 g/mol. The minimum absolute atomic E-state index is 0.806. The monoisotopic (exact) mass is 221 g/mol. The van der Waals surface area contributed by atoms with Gasteiger partial charge in [-0.05, 0) is 57.6 Å². The Bertz CT molecular complexity index is 279. The van der Waals surface area contributed by atoms with E-state index in [0.29, 0.717) is 0 Å². The first-order valence-corrected chi connectivity index (χ1v) is 6.09. The van der Waals surface area contributed by atoms with E-state index in [2.05, 4.69) is 50.2 Å². The molecule has 0 aromatic heterocycles. The third-order valence-corrected chi connectivity index (χ3v) is 2.47. The fourth-order valence-electron chi connectivity index (χ4n) is 1.57. The minimum Gasteiger partial charge on any atom is -0.494 e. The Morgan fingerprint density at radius 1 is 1.12 bits per heavy atom. The Balaban J connectivity index is 2.33. The zero-order valence-electron chi connectivity index (χ0n) is 10.7. The molecule has 0 spiro atoms. The van der Waals surface area contributed by atoms with E-state index in [1.165, 1.54) is 12.0 Å². The highest BCUT2D eigenvalue weighted by Crippen LogP contribution is 2.13. The molecule has 0 aliphatic heterocycles. The molecule has 90 valence electrons. The molecular formula is C14H23NO. The lowest BCUT2D eigenvalue weighted by Crippen LogP contribution is -2.13. The maximum atomic E-state index is 5.54. The van der Waals surface area contributed by atoms with Gasteiger partial charge < -0.3 is 9.64 Å². The summed E-state index contributed by atoms with van der Waals surface area (Å²) in [5.41, 5.74) is 1.39. The summed E-state index contributed by atoms with van der Waals surface area (Å²) in [6.45, 7) is 4.07. The molecule has 0 aliphatic carbocycles. The summed E-state index contributed by atoms with van der Waals surface area (Å²) in [4.78, 5) is 2.22. The Morgan fingerprint density at radius 3 is 2.38 bits per heavy atom. The first-order valence-electron chi connectivity index (χ1n) is 6.09. The van der Waals surface area contributed by atoms with Crippen LogP contribution in [0.5, 0.6) is 5.75 Å². The second-order valence-electron chi connectivity index (χ2n) is 4.40. The number of benzene rings is 1. The number of hydrogen-bond donors (Lipinski definition) is 0. The molecule has 2 nitrogen and oxygen atoms in total. The van der Waals surface area contributed by atoms with E-state index < -0.39 is 0 Å². The molecule has 0 fully saturated rings. The summed E-state index contributed by atoms with van der Waals surface area (Å²) in [6, 6.07) is 8.47. The van der Waals surface area contributed by atoms with Gasteiger partial charge in [0.1, 0.15) is 5.75 Å². The van der Waals surface area contributed by atoms with E-state index in [4.69, 9.17) is 4.74 Å². The van der Waals surface area contributed by atoms with Crippen molar-refractivity contribution >= 4 is 0 Å². The van der Waals surface area contributed by atoms with E-state index in [0.717, 1.165) is 31.7 Å². The molecule has 1 rings (SSSR count). The van der Waals surface area contributed by atoms with Crippen LogP contribution in [0.3, 0.4) is 0 Å². The van der Waals surface area contributed by atoms with Gasteiger partial charge in [0.2, 0.25) is 0 Å². The van der Waals surface area contributed by atoms with Crippen molar-refractivity contribution in [1.29, 1.82) is 0 Å². The van der Waals surface area contributed by atoms with Crippen LogP contribution in [0.4, 0.5) is 0 Å². The maximum Gasteiger partial charge on any atom is 0.119 e. The fraction of sp³-hybridized carbons (Fsp3) is 0.571. The lowest BCUT2D eigenvalue weighted by atomic mass is 10.1. The number of rotatable bonds is 7. The fourth-order valence-corrected chi connectivity index (χ4v) is 1.57. The van der Waals surface area contributed by atoms with Crippen molar-refractivity contribution in [2.75, 3.05) is 27.2 Å². The third kappa shape index (κ3) is 5.17. The standard InChI is InChI=1S/C14H23NO/c1-4-12-16-14-9-7-13(8-10-14)6-5-11-15(2)3/h7-10H,4-6,11-12H2,1-3H3. The molecule has 1 aromatic rings. The van der Waals surface area contributed by atoms with E-state index >= 15 is 0 Å². The molecule has 0 unspecified atom stereocenters. The van der Waals surface area contributed by atoms with Crippen molar-refractivity contribution in [3.05, 3.63) is 29.8 Å². The van der Waals surface area contributed by atoms with Crippen LogP contribution >= 0.6 is 0 Å². The summed E-state index contributed by atoms with van der Waals surface area (Å²) < 4.78 is 5.54. The van der Waals surface area contributed by atoms with Gasteiger partial charge in [0, 0.05) is 0 Å². The van der Waals surface area contributed by atoms with Crippen molar-refractivity contribution in [3.8, 4) is 5.75 Å². The van der Waals surface area contributed by atoms with Gasteiger partial charge >= 0.3 is 0 Å². The predicted octanol–water partition coefficient (Wildman–Crippen LogP) is 2.97. The van der Waals surface area contributed by atoms with Crippen LogP contribution in [0.25, 0.3) is 0 Å². The zero-order chi connectivity index (χ0) is 11.8. The Hall–Kier alpha value is -1.02. The molecular weight excluding hydrogens is 198 g/mol. The van der Waals surface area contributed by atoms with E-state index in [1.807, 2.05) is 0 Å². The Kier molecular flexibility index (Phi) is 5.94. The SMILES string of the molecule is CCCOc1ccc(CCCN(C)C)cc1. The van der Waals surface area contributed by atoms with Gasteiger partial charge in [-0.15, -0.1) is 0 Å². The number of ether oxygens (including phenoxy) is 1. The van der Waals surface area contributed by atoms with Crippen LogP contribution in [0.2, 0.25) is 0 Å². The molecule has 0 amide bonds. The van der Waals surface area contributed by atoms with Gasteiger partial charge in [-0.25, -0.2) is 0 Å². The second kappa shape index (κ2) is 7.29. The number of nitrogens with zero attached hydrogens (tertiary/aromatic N) is 1. The van der Waals surface area contributed by atoms with Gasteiger partial charge in [0.25, 0.3) is 0 Å². The van der Waals surface area contributed by atoms with Crippen LogP contribution < -0.4 is 4.74 Å². The molecule has 0 N–H and O–H groups in total. The summed E-state index contributed by atoms with van der Waals surface area (Å²) in [5.74, 6) is 0.984. The predicted molar refractivity (Wildman–Crippen MR) is 69.1 cm³/mol. The van der Waals surface area contributed by atoms with E-state index in [1.54, 1.807) is 0 Å². The van der Waals surface area contributed by atoms with Crippen LogP contribution in [0.15, 0.2) is 24.3 Å². The lowest BCUT2D eigenvalue weighted by molar-refractivity contribution is 0.317. The average Bonchev–Trinajstić information content (AvgIpc) is 2.27. The first kappa shape index (κ1) is 13.0. The maximum absolute atomic E-state index is 5.54. The second-order valence-corrected chi connectivity index (χ2v) is 4.40. The van der Waals surface area contributed by atoms with Gasteiger partial charge in [0.15, 0.2) is 0 Å². The number of aryl methyl sites for hydroxylation is 1. The molecule has 0 saturated heterocycles. The molecule has 16 heavy (non-hydrogen) atoms. The topological polar surface area (TPSA) is 12.5 Å². The summed E-state index contributed by atoms with van der Waals surface area (Å²) in [6.07, 6.45) is 3.42. The van der Waals surface area contributed by atoms with Crippen molar-refractivity contribution in [1.82, 2.24) is 4.90 Å². The normalized spacial score (nSPS) is 10.8. The smallest absolute Gasteiger partial charge is 0.119 e. The molecule has 0 aliphatic rings. The summed E-state index contributed by atoms with van der Waals surface area (Å²) >= 11 is 0. The quantitative estimate of drug-likeness (QED) is 0.702. The van der Waals surface area contributed by atoms with Gasteiger partial charge in [-0.2, -0.15) is 0 Å².